The van der Waals surface area contributed by atoms with Crippen LogP contribution in [0.1, 0.15) is 16.2 Å². The normalized spacial score (nSPS) is 11.3. The summed E-state index contributed by atoms with van der Waals surface area (Å²) < 4.78 is 11.7. The average Bonchev–Trinajstić information content (AvgIpc) is 3.13. The minimum atomic E-state index is 0.525. The molecule has 0 atom stereocenters. The standard InChI is InChI=1S/C17H19NO2S/c1-18-11-15-14-6-2-3-7-16(14)20-17(15)12-19-9-8-13-5-4-10-21-13/h2-7,10,18H,8-9,11-12H2,1H3. The number of benzene rings is 1. The third kappa shape index (κ3) is 3.35. The van der Waals surface area contributed by atoms with Crippen LogP contribution in [0.2, 0.25) is 0 Å². The summed E-state index contributed by atoms with van der Waals surface area (Å²) in [5, 5.41) is 6.47. The van der Waals surface area contributed by atoms with Gasteiger partial charge in [-0.3, -0.25) is 0 Å². The maximum atomic E-state index is 5.93. The van der Waals surface area contributed by atoms with Crippen molar-refractivity contribution in [3.8, 4) is 0 Å². The van der Waals surface area contributed by atoms with Gasteiger partial charge in [-0.25, -0.2) is 0 Å². The van der Waals surface area contributed by atoms with Crippen LogP contribution in [0.4, 0.5) is 0 Å². The van der Waals surface area contributed by atoms with Crippen molar-refractivity contribution in [3.05, 3.63) is 58.0 Å². The molecule has 110 valence electrons. The van der Waals surface area contributed by atoms with Gasteiger partial charge in [-0.2, -0.15) is 0 Å². The molecule has 0 saturated carbocycles. The zero-order chi connectivity index (χ0) is 14.5. The summed E-state index contributed by atoms with van der Waals surface area (Å²) in [6, 6.07) is 12.4. The van der Waals surface area contributed by atoms with Crippen molar-refractivity contribution in [2.24, 2.45) is 0 Å². The summed E-state index contributed by atoms with van der Waals surface area (Å²) in [6.07, 6.45) is 0.958. The van der Waals surface area contributed by atoms with Crippen molar-refractivity contribution in [1.82, 2.24) is 5.32 Å². The largest absolute Gasteiger partial charge is 0.458 e. The van der Waals surface area contributed by atoms with E-state index >= 15 is 0 Å². The van der Waals surface area contributed by atoms with E-state index in [0.29, 0.717) is 6.61 Å². The number of fused-ring (bicyclic) bond motifs is 1. The Morgan fingerprint density at radius 2 is 2.10 bits per heavy atom. The number of hydrogen-bond acceptors (Lipinski definition) is 4. The fourth-order valence-corrected chi connectivity index (χ4v) is 3.12. The van der Waals surface area contributed by atoms with Crippen molar-refractivity contribution < 1.29 is 9.15 Å². The van der Waals surface area contributed by atoms with Gasteiger partial charge in [-0.15, -0.1) is 11.3 Å². The molecule has 1 N–H and O–H groups in total. The van der Waals surface area contributed by atoms with Gasteiger partial charge in [0.25, 0.3) is 0 Å². The molecule has 0 fully saturated rings. The Balaban J connectivity index is 1.66. The first kappa shape index (κ1) is 14.3. The summed E-state index contributed by atoms with van der Waals surface area (Å²) in [6.45, 7) is 2.04. The zero-order valence-corrected chi connectivity index (χ0v) is 12.9. The van der Waals surface area contributed by atoms with Gasteiger partial charge in [0.2, 0.25) is 0 Å². The van der Waals surface area contributed by atoms with E-state index in [1.807, 2.05) is 25.2 Å². The van der Waals surface area contributed by atoms with Crippen LogP contribution < -0.4 is 5.32 Å². The van der Waals surface area contributed by atoms with E-state index in [4.69, 9.17) is 9.15 Å². The summed E-state index contributed by atoms with van der Waals surface area (Å²) >= 11 is 1.77. The first-order valence-electron chi connectivity index (χ1n) is 7.12. The third-order valence-electron chi connectivity index (χ3n) is 3.44. The molecule has 0 aliphatic carbocycles. The van der Waals surface area contributed by atoms with Crippen LogP contribution in [0.3, 0.4) is 0 Å². The molecule has 0 unspecified atom stereocenters. The third-order valence-corrected chi connectivity index (χ3v) is 4.38. The Labute approximate surface area is 128 Å². The van der Waals surface area contributed by atoms with E-state index in [-0.39, 0.29) is 0 Å². The smallest absolute Gasteiger partial charge is 0.135 e. The van der Waals surface area contributed by atoms with Gasteiger partial charge in [-0.05, 0) is 24.6 Å². The Morgan fingerprint density at radius 1 is 1.19 bits per heavy atom. The van der Waals surface area contributed by atoms with Crippen LogP contribution in [-0.2, 0) is 24.3 Å². The molecular formula is C17H19NO2S. The van der Waals surface area contributed by atoms with Crippen molar-refractivity contribution >= 4 is 22.3 Å². The van der Waals surface area contributed by atoms with Crippen LogP contribution in [0.25, 0.3) is 11.0 Å². The summed E-state index contributed by atoms with van der Waals surface area (Å²) in [4.78, 5) is 1.36. The van der Waals surface area contributed by atoms with E-state index in [2.05, 4.69) is 28.9 Å². The van der Waals surface area contributed by atoms with Crippen LogP contribution >= 0.6 is 11.3 Å². The van der Waals surface area contributed by atoms with Crippen LogP contribution in [0.5, 0.6) is 0 Å². The van der Waals surface area contributed by atoms with Crippen molar-refractivity contribution in [2.45, 2.75) is 19.6 Å². The number of hydrogen-bond donors (Lipinski definition) is 1. The number of furan rings is 1. The number of nitrogens with one attached hydrogen (secondary N) is 1. The van der Waals surface area contributed by atoms with E-state index in [9.17, 15) is 0 Å². The predicted octanol–water partition coefficient (Wildman–Crippen LogP) is 3.97. The number of ether oxygens (including phenoxy) is 1. The molecule has 3 nitrogen and oxygen atoms in total. The summed E-state index contributed by atoms with van der Waals surface area (Å²) in [7, 11) is 1.95. The minimum absolute atomic E-state index is 0.525. The maximum absolute atomic E-state index is 5.93. The van der Waals surface area contributed by atoms with Gasteiger partial charge in [0.15, 0.2) is 0 Å². The lowest BCUT2D eigenvalue weighted by Crippen LogP contribution is -2.07. The first-order chi connectivity index (χ1) is 10.4. The molecule has 0 bridgehead atoms. The molecule has 0 saturated heterocycles. The Kier molecular flexibility index (Phi) is 4.70. The molecule has 21 heavy (non-hydrogen) atoms. The van der Waals surface area contributed by atoms with Crippen LogP contribution in [-0.4, -0.2) is 13.7 Å². The van der Waals surface area contributed by atoms with E-state index < -0.39 is 0 Å². The number of thiophene rings is 1. The molecule has 3 aromatic rings. The second kappa shape index (κ2) is 6.89. The van der Waals surface area contributed by atoms with Crippen LogP contribution in [0.15, 0.2) is 46.2 Å². The molecule has 0 amide bonds. The van der Waals surface area contributed by atoms with Crippen molar-refractivity contribution in [2.75, 3.05) is 13.7 Å². The van der Waals surface area contributed by atoms with E-state index in [1.165, 1.54) is 15.8 Å². The summed E-state index contributed by atoms with van der Waals surface area (Å²) in [5.74, 6) is 0.928. The second-order valence-corrected chi connectivity index (χ2v) is 5.94. The molecular weight excluding hydrogens is 282 g/mol. The molecule has 0 aliphatic heterocycles. The maximum Gasteiger partial charge on any atom is 0.135 e. The fraction of sp³-hybridized carbons (Fsp3) is 0.294. The molecule has 2 aromatic heterocycles. The molecule has 0 aliphatic rings. The second-order valence-electron chi connectivity index (χ2n) is 4.91. The molecule has 0 spiro atoms. The van der Waals surface area contributed by atoms with Gasteiger partial charge < -0.3 is 14.5 Å². The first-order valence-corrected chi connectivity index (χ1v) is 8.00. The number of para-hydroxylation sites is 1. The Morgan fingerprint density at radius 3 is 2.90 bits per heavy atom. The Hall–Kier alpha value is -1.62. The highest BCUT2D eigenvalue weighted by Gasteiger charge is 2.13. The SMILES string of the molecule is CNCc1c(COCCc2cccs2)oc2ccccc12. The van der Waals surface area contributed by atoms with Gasteiger partial charge in [0.05, 0.1) is 6.61 Å². The van der Waals surface area contributed by atoms with E-state index in [1.54, 1.807) is 11.3 Å². The topological polar surface area (TPSA) is 34.4 Å². The number of rotatable bonds is 7. The molecule has 4 heteroatoms. The minimum Gasteiger partial charge on any atom is -0.458 e. The lowest BCUT2D eigenvalue weighted by Gasteiger charge is -2.04. The molecule has 3 rings (SSSR count). The molecule has 1 aromatic carbocycles. The van der Waals surface area contributed by atoms with Gasteiger partial charge in [-0.1, -0.05) is 24.3 Å². The average molecular weight is 301 g/mol. The quantitative estimate of drug-likeness (QED) is 0.670. The lowest BCUT2D eigenvalue weighted by atomic mass is 10.1. The zero-order valence-electron chi connectivity index (χ0n) is 12.1. The highest BCUT2D eigenvalue weighted by atomic mass is 32.1. The predicted molar refractivity (Wildman–Crippen MR) is 86.7 cm³/mol. The monoisotopic (exact) mass is 301 g/mol. The Bertz CT molecular complexity index is 688. The van der Waals surface area contributed by atoms with Crippen LogP contribution in [0, 0.1) is 0 Å². The van der Waals surface area contributed by atoms with Gasteiger partial charge in [0.1, 0.15) is 18.0 Å². The van der Waals surface area contributed by atoms with Crippen molar-refractivity contribution in [3.63, 3.8) is 0 Å². The lowest BCUT2D eigenvalue weighted by molar-refractivity contribution is 0.110. The van der Waals surface area contributed by atoms with Crippen molar-refractivity contribution in [1.29, 1.82) is 0 Å². The fourth-order valence-electron chi connectivity index (χ4n) is 2.43. The van der Waals surface area contributed by atoms with Gasteiger partial charge in [0, 0.05) is 28.8 Å². The summed E-state index contributed by atoms with van der Waals surface area (Å²) in [5.41, 5.74) is 2.13. The highest BCUT2D eigenvalue weighted by Crippen LogP contribution is 2.26. The van der Waals surface area contributed by atoms with Gasteiger partial charge >= 0.3 is 0 Å². The highest BCUT2D eigenvalue weighted by molar-refractivity contribution is 7.09. The molecule has 0 radical (unpaired) electrons. The molecule has 2 heterocycles. The van der Waals surface area contributed by atoms with E-state index in [0.717, 1.165) is 30.9 Å².